The second-order valence-corrected chi connectivity index (χ2v) is 17.6. The van der Waals surface area contributed by atoms with E-state index in [4.69, 9.17) is 15.1 Å². The summed E-state index contributed by atoms with van der Waals surface area (Å²) < 4.78 is 4.30. The molecule has 3 fully saturated rings. The number of likely N-dealkylation sites (tertiary alicyclic amines) is 1. The molecule has 0 bridgehead atoms. The number of aliphatic imine (C=N–C) groups is 1. The average molecular weight is 805 g/mol. The zero-order valence-corrected chi connectivity index (χ0v) is 34.6. The first-order valence-electron chi connectivity index (χ1n) is 21.8. The topological polar surface area (TPSA) is 143 Å². The lowest BCUT2D eigenvalue weighted by Crippen LogP contribution is -2.52. The third-order valence-electron chi connectivity index (χ3n) is 13.4. The van der Waals surface area contributed by atoms with E-state index in [1.54, 1.807) is 17.2 Å². The highest BCUT2D eigenvalue weighted by atomic mass is 16.2. The van der Waals surface area contributed by atoms with Crippen LogP contribution in [-0.4, -0.2) is 88.4 Å². The lowest BCUT2D eigenvalue weighted by atomic mass is 9.90. The van der Waals surface area contributed by atoms with Crippen molar-refractivity contribution in [2.45, 2.75) is 109 Å². The van der Waals surface area contributed by atoms with Crippen molar-refractivity contribution in [2.24, 2.45) is 10.9 Å². The van der Waals surface area contributed by atoms with Gasteiger partial charge in [0.2, 0.25) is 11.8 Å². The number of aryl methyl sites for hydroxylation is 3. The van der Waals surface area contributed by atoms with Gasteiger partial charge in [-0.25, -0.2) is 0 Å². The van der Waals surface area contributed by atoms with Crippen molar-refractivity contribution in [3.63, 3.8) is 0 Å². The summed E-state index contributed by atoms with van der Waals surface area (Å²) in [5.74, 6) is 1.56. The number of aromatic nitrogens is 6. The number of nitrogens with one attached hydrogen (secondary N) is 1. The first-order chi connectivity index (χ1) is 29.2. The van der Waals surface area contributed by atoms with E-state index in [-0.39, 0.29) is 29.7 Å². The van der Waals surface area contributed by atoms with Crippen LogP contribution in [0.1, 0.15) is 114 Å². The maximum absolute atomic E-state index is 13.3. The fraction of sp³-hybridized carbons (Fsp3) is 0.447. The molecule has 0 radical (unpaired) electrons. The van der Waals surface area contributed by atoms with Crippen molar-refractivity contribution in [1.82, 2.24) is 44.6 Å². The van der Waals surface area contributed by atoms with E-state index < -0.39 is 6.04 Å². The van der Waals surface area contributed by atoms with Crippen molar-refractivity contribution in [3.05, 3.63) is 112 Å². The Morgan fingerprint density at radius 2 is 1.62 bits per heavy atom. The first kappa shape index (κ1) is 38.4. The summed E-state index contributed by atoms with van der Waals surface area (Å²) >= 11 is 0. The summed E-state index contributed by atoms with van der Waals surface area (Å²) in [6.07, 6.45) is 16.2. The van der Waals surface area contributed by atoms with Crippen molar-refractivity contribution < 1.29 is 14.4 Å². The number of amides is 3. The molecular formula is C47H52N10O3. The monoisotopic (exact) mass is 804 g/mol. The summed E-state index contributed by atoms with van der Waals surface area (Å²) in [5.41, 5.74) is 10.0. The van der Waals surface area contributed by atoms with Gasteiger partial charge in [-0.15, -0.1) is 10.2 Å². The van der Waals surface area contributed by atoms with Crippen LogP contribution in [0.2, 0.25) is 0 Å². The van der Waals surface area contributed by atoms with Crippen LogP contribution in [0.3, 0.4) is 0 Å². The van der Waals surface area contributed by atoms with E-state index in [1.807, 2.05) is 13.1 Å². The highest BCUT2D eigenvalue weighted by Crippen LogP contribution is 2.52. The Morgan fingerprint density at radius 3 is 2.40 bits per heavy atom. The molecule has 13 nitrogen and oxygen atoms in total. The number of imide groups is 1. The molecule has 1 spiro atoms. The van der Waals surface area contributed by atoms with Crippen molar-refractivity contribution in [3.8, 4) is 16.8 Å². The largest absolute Gasteiger partial charge is 0.322 e. The molecule has 1 atom stereocenters. The molecule has 7 heterocycles. The number of carbonyl (C=O) groups is 3. The Labute approximate surface area is 350 Å². The maximum atomic E-state index is 13.3. The zero-order chi connectivity index (χ0) is 41.0. The highest BCUT2D eigenvalue weighted by molar-refractivity contribution is 6.16. The van der Waals surface area contributed by atoms with Crippen molar-refractivity contribution in [2.75, 3.05) is 19.6 Å². The molecular weight excluding hydrogens is 753 g/mol. The molecule has 1 unspecified atom stereocenters. The van der Waals surface area contributed by atoms with E-state index in [9.17, 15) is 14.4 Å². The molecule has 5 aliphatic rings. The summed E-state index contributed by atoms with van der Waals surface area (Å²) in [6.45, 7) is 8.71. The van der Waals surface area contributed by atoms with Gasteiger partial charge in [0.15, 0.2) is 5.82 Å². The second kappa shape index (κ2) is 15.7. The van der Waals surface area contributed by atoms with Crippen LogP contribution in [0.5, 0.6) is 0 Å². The van der Waals surface area contributed by atoms with Gasteiger partial charge in [-0.1, -0.05) is 48.7 Å². The summed E-state index contributed by atoms with van der Waals surface area (Å²) in [7, 11) is 0. The number of hydrogen-bond acceptors (Lipinski definition) is 9. The van der Waals surface area contributed by atoms with E-state index in [2.05, 4.69) is 85.2 Å². The minimum absolute atomic E-state index is 0.133. The molecule has 308 valence electrons. The minimum atomic E-state index is -0.603. The van der Waals surface area contributed by atoms with Crippen molar-refractivity contribution >= 4 is 23.4 Å². The Balaban J connectivity index is 0.702. The van der Waals surface area contributed by atoms with E-state index >= 15 is 0 Å². The number of hydrogen-bond donors (Lipinski definition) is 1. The molecule has 2 saturated heterocycles. The van der Waals surface area contributed by atoms with Crippen LogP contribution in [0.25, 0.3) is 16.8 Å². The van der Waals surface area contributed by atoms with Gasteiger partial charge in [0.05, 0.1) is 17.6 Å². The van der Waals surface area contributed by atoms with Gasteiger partial charge in [-0.2, -0.15) is 5.10 Å². The third-order valence-corrected chi connectivity index (χ3v) is 13.4. The van der Waals surface area contributed by atoms with Crippen LogP contribution < -0.4 is 5.32 Å². The number of rotatable bonds is 12. The Bertz CT molecular complexity index is 2510. The van der Waals surface area contributed by atoms with Crippen LogP contribution in [0.4, 0.5) is 0 Å². The molecule has 1 N–H and O–H groups in total. The lowest BCUT2D eigenvalue weighted by Gasteiger charge is -2.32. The van der Waals surface area contributed by atoms with Crippen LogP contribution in [0.15, 0.2) is 72.1 Å². The van der Waals surface area contributed by atoms with Gasteiger partial charge in [0, 0.05) is 65.4 Å². The van der Waals surface area contributed by atoms with E-state index in [1.165, 1.54) is 24.8 Å². The molecule has 10 rings (SSSR count). The predicted molar refractivity (Wildman–Crippen MR) is 227 cm³/mol. The first-order valence-corrected chi connectivity index (χ1v) is 21.8. The summed E-state index contributed by atoms with van der Waals surface area (Å²) in [5, 5.41) is 16.3. The van der Waals surface area contributed by atoms with Gasteiger partial charge in [0.25, 0.3) is 5.91 Å². The summed E-state index contributed by atoms with van der Waals surface area (Å²) in [6, 6.07) is 16.5. The maximum Gasteiger partial charge on any atom is 0.255 e. The predicted octanol–water partition coefficient (Wildman–Crippen LogP) is 6.26. The normalized spacial score (nSPS) is 19.8. The van der Waals surface area contributed by atoms with Crippen LogP contribution in [0, 0.1) is 19.8 Å². The molecule has 1 saturated carbocycles. The number of nitrogens with zero attached hydrogens (tertiary/aromatic N) is 9. The fourth-order valence-electron chi connectivity index (χ4n) is 9.76. The molecule has 4 aliphatic heterocycles. The zero-order valence-electron chi connectivity index (χ0n) is 34.6. The Morgan fingerprint density at radius 1 is 0.833 bits per heavy atom. The number of benzene rings is 2. The van der Waals surface area contributed by atoms with E-state index in [0.29, 0.717) is 24.4 Å². The van der Waals surface area contributed by atoms with Gasteiger partial charge in [-0.05, 0) is 115 Å². The number of pyridine rings is 1. The smallest absolute Gasteiger partial charge is 0.255 e. The van der Waals surface area contributed by atoms with Gasteiger partial charge in [0.1, 0.15) is 17.4 Å². The number of fused-ring (bicyclic) bond motifs is 5. The number of piperidine rings is 2. The Hall–Kier alpha value is -5.82. The van der Waals surface area contributed by atoms with Crippen LogP contribution >= 0.6 is 0 Å². The van der Waals surface area contributed by atoms with Gasteiger partial charge in [-0.3, -0.25) is 38.9 Å². The van der Waals surface area contributed by atoms with Gasteiger partial charge < -0.3 is 9.80 Å². The molecule has 60 heavy (non-hydrogen) atoms. The summed E-state index contributed by atoms with van der Waals surface area (Å²) in [4.78, 5) is 51.8. The average Bonchev–Trinajstić information content (AvgIpc) is 3.53. The van der Waals surface area contributed by atoms with Crippen molar-refractivity contribution in [1.29, 1.82) is 0 Å². The molecule has 1 aliphatic carbocycles. The van der Waals surface area contributed by atoms with E-state index in [0.717, 1.165) is 121 Å². The standard InChI is InChI=1S/C47H52N10O3/c1-30-7-9-33(10-8-30)43-37-26-34(11-12-40(37)57-31(2)52-53-46(57)47(51-43)18-19-47)35-27-49-55(28-35)22-6-4-3-5-21-54-23-16-32(17-24-54)25-39-38-29-56(45(60)36(38)15-20-48-39)41-13-14-42(58)50-44(41)59/h7-12,15,20,26-28,32,41H,3-6,13-14,16-19,21-25,29H2,1-2H3,(H,50,58,59). The molecule has 5 aromatic rings. The SMILES string of the molecule is Cc1ccc(C2=NC3(CC3)c3nnc(C)n3-c3ccc(-c4cnn(CCCCCCN5CCC(Cc6nccc7c6CN(C6CCC(=O)NC6=O)C7=O)CC5)c4)cc32)cc1. The Kier molecular flexibility index (Phi) is 10.0. The molecule has 3 amide bonds. The third kappa shape index (κ3) is 7.26. The lowest BCUT2D eigenvalue weighted by molar-refractivity contribution is -0.136. The quantitative estimate of drug-likeness (QED) is 0.115. The molecule has 3 aromatic heterocycles. The fourth-order valence-corrected chi connectivity index (χ4v) is 9.76. The molecule has 2 aromatic carbocycles. The number of unbranched alkanes of at least 4 members (excludes halogenated alkanes) is 3. The second-order valence-electron chi connectivity index (χ2n) is 17.6. The van der Waals surface area contributed by atoms with Crippen LogP contribution in [-0.2, 0) is 34.6 Å². The van der Waals surface area contributed by atoms with Gasteiger partial charge >= 0.3 is 0 Å². The minimum Gasteiger partial charge on any atom is -0.322 e. The highest BCUT2D eigenvalue weighted by Gasteiger charge is 2.51. The molecule has 13 heteroatoms. The number of carbonyl (C=O) groups excluding carboxylic acids is 3.